The summed E-state index contributed by atoms with van der Waals surface area (Å²) in [6, 6.07) is 0. The van der Waals surface area contributed by atoms with Crippen LogP contribution in [0.4, 0.5) is 0 Å². The van der Waals surface area contributed by atoms with Crippen LogP contribution in [-0.4, -0.2) is 101 Å². The van der Waals surface area contributed by atoms with E-state index in [0.29, 0.717) is 0 Å². The van der Waals surface area contributed by atoms with Gasteiger partial charge in [0.1, 0.15) is 0 Å². The van der Waals surface area contributed by atoms with Gasteiger partial charge in [0.05, 0.1) is 0 Å². The van der Waals surface area contributed by atoms with Crippen molar-refractivity contribution in [1.29, 1.82) is 0 Å². The number of hydrogen-bond acceptors (Lipinski definition) is 2. The van der Waals surface area contributed by atoms with Crippen molar-refractivity contribution in [1.82, 2.24) is 0 Å². The minimum absolute atomic E-state index is 0. The van der Waals surface area contributed by atoms with Gasteiger partial charge in [-0.15, -0.1) is 0 Å². The van der Waals surface area contributed by atoms with E-state index in [4.69, 9.17) is 17.5 Å². The number of hydrogen-bond donors (Lipinski definition) is 2. The fourth-order valence-corrected chi connectivity index (χ4v) is 0. The Labute approximate surface area is 142 Å². The first-order valence-electron chi connectivity index (χ1n) is 0.698. The smallest absolute Gasteiger partial charge is 1.00 e. The molecule has 0 saturated heterocycles. The van der Waals surface area contributed by atoms with Crippen LogP contribution in [0.5, 0.6) is 0 Å². The first-order valence-corrected chi connectivity index (χ1v) is 2.10. The SMILES string of the molecule is O.O.O.O.O.O.O.O.O.O.O.O.O=S(=O)(O)O.[AlH3].[H-].[Na+]. The van der Waals surface area contributed by atoms with Gasteiger partial charge in [-0.05, 0) is 0 Å². The molecule has 0 aromatic heterocycles. The van der Waals surface area contributed by atoms with Gasteiger partial charge in [-0.1, -0.05) is 0 Å². The van der Waals surface area contributed by atoms with E-state index in [2.05, 4.69) is 0 Å². The molecule has 0 heterocycles. The van der Waals surface area contributed by atoms with Crippen LogP contribution < -0.4 is 29.6 Å². The van der Waals surface area contributed by atoms with Crippen LogP contribution in [-0.2, 0) is 10.4 Å². The molecule has 19 heavy (non-hydrogen) atoms. The van der Waals surface area contributed by atoms with Gasteiger partial charge in [0.15, 0.2) is 17.4 Å². The fourth-order valence-electron chi connectivity index (χ4n) is 0. The molecule has 0 atom stereocenters. The average molecular weight is 368 g/mol. The molecule has 0 fully saturated rings. The van der Waals surface area contributed by atoms with E-state index in [0.717, 1.165) is 0 Å². The third-order valence-electron chi connectivity index (χ3n) is 0. The molecule has 0 rings (SSSR count). The Bertz CT molecular complexity index is 106. The van der Waals surface area contributed by atoms with E-state index in [-0.39, 0.29) is 114 Å². The molecule has 0 aromatic rings. The first kappa shape index (κ1) is 294. The van der Waals surface area contributed by atoms with Crippen molar-refractivity contribution in [3.05, 3.63) is 0 Å². The van der Waals surface area contributed by atoms with Crippen molar-refractivity contribution in [3.63, 3.8) is 0 Å². The molecule has 136 valence electrons. The van der Waals surface area contributed by atoms with Crippen LogP contribution in [0.2, 0.25) is 0 Å². The van der Waals surface area contributed by atoms with E-state index in [1.165, 1.54) is 0 Å². The molecular formula is H30AlNaO16S. The van der Waals surface area contributed by atoms with Crippen LogP contribution in [0, 0.1) is 0 Å². The standard InChI is InChI=1S/Al.Na.H2O4S.12H2O.4H/c;;1-5(2,3)4;;;;;;;;;;;;;;;;/h;;(H2,1,2,3,4);12*1H2;;;;/q;+1;;;;;;;;;;;;;;;;;-1. The maximum atomic E-state index is 8.74. The van der Waals surface area contributed by atoms with Crippen LogP contribution in [0.15, 0.2) is 0 Å². The molecule has 0 radical (unpaired) electrons. The summed E-state index contributed by atoms with van der Waals surface area (Å²) in [5, 5.41) is 0. The van der Waals surface area contributed by atoms with Gasteiger partial charge >= 0.3 is 40.0 Å². The minimum Gasteiger partial charge on any atom is -1.00 e. The summed E-state index contributed by atoms with van der Waals surface area (Å²) in [5.41, 5.74) is 0. The van der Waals surface area contributed by atoms with Crippen molar-refractivity contribution in [3.8, 4) is 0 Å². The molecule has 26 N–H and O–H groups in total. The molecule has 0 aliphatic heterocycles. The summed E-state index contributed by atoms with van der Waals surface area (Å²) in [5.74, 6) is 0. The Hall–Kier alpha value is 0.922. The quantitative estimate of drug-likeness (QED) is 0.310. The second-order valence-corrected chi connectivity index (χ2v) is 1.34. The van der Waals surface area contributed by atoms with E-state index < -0.39 is 10.4 Å². The van der Waals surface area contributed by atoms with Gasteiger partial charge < -0.3 is 67.1 Å². The molecule has 0 amide bonds. The molecule has 0 unspecified atom stereocenters. The van der Waals surface area contributed by atoms with Crippen molar-refractivity contribution in [2.75, 3.05) is 0 Å². The summed E-state index contributed by atoms with van der Waals surface area (Å²) in [4.78, 5) is 0. The molecule has 0 aromatic carbocycles. The van der Waals surface area contributed by atoms with Gasteiger partial charge in [-0.2, -0.15) is 8.42 Å². The third kappa shape index (κ3) is 6370. The predicted octanol–water partition coefficient (Wildman–Crippen LogP) is -14.6. The van der Waals surface area contributed by atoms with E-state index in [1.807, 2.05) is 0 Å². The van der Waals surface area contributed by atoms with Gasteiger partial charge in [0.25, 0.3) is 0 Å². The molecule has 19 heteroatoms. The maximum Gasteiger partial charge on any atom is 1.00 e. The Balaban J connectivity index is -0.000000000762. The topological polar surface area (TPSA) is 453 Å². The summed E-state index contributed by atoms with van der Waals surface area (Å²) in [6.45, 7) is 0. The molecule has 0 spiro atoms. The molecule has 0 saturated carbocycles. The Morgan fingerprint density at radius 2 is 0.526 bits per heavy atom. The Morgan fingerprint density at radius 1 is 0.526 bits per heavy atom. The zero-order valence-electron chi connectivity index (χ0n) is 10.1. The molecule has 0 aliphatic carbocycles. The van der Waals surface area contributed by atoms with Crippen molar-refractivity contribution >= 4 is 27.8 Å². The van der Waals surface area contributed by atoms with Crippen LogP contribution >= 0.6 is 0 Å². The first-order chi connectivity index (χ1) is 2.00. The summed E-state index contributed by atoms with van der Waals surface area (Å²) < 4.78 is 31.6. The second-order valence-electron chi connectivity index (χ2n) is 0.448. The normalized spacial score (nSPS) is 3.05. The van der Waals surface area contributed by atoms with Crippen LogP contribution in [0.3, 0.4) is 0 Å². The Kier molecular flexibility index (Phi) is 1970. The zero-order chi connectivity index (χ0) is 4.50. The summed E-state index contributed by atoms with van der Waals surface area (Å²) in [7, 11) is -4.67. The minimum atomic E-state index is -4.67. The monoisotopic (exact) mass is 368 g/mol. The van der Waals surface area contributed by atoms with Gasteiger partial charge in [-0.25, -0.2) is 0 Å². The number of rotatable bonds is 0. The van der Waals surface area contributed by atoms with Crippen LogP contribution in [0.25, 0.3) is 0 Å². The van der Waals surface area contributed by atoms with Gasteiger partial charge in [0, 0.05) is 0 Å². The Morgan fingerprint density at radius 3 is 0.526 bits per heavy atom. The summed E-state index contributed by atoms with van der Waals surface area (Å²) in [6.07, 6.45) is 0. The van der Waals surface area contributed by atoms with E-state index >= 15 is 0 Å². The maximum absolute atomic E-state index is 8.74. The third-order valence-corrected chi connectivity index (χ3v) is 0. The molecule has 0 aliphatic rings. The van der Waals surface area contributed by atoms with E-state index in [1.54, 1.807) is 0 Å². The molecular weight excluding hydrogens is 338 g/mol. The van der Waals surface area contributed by atoms with Gasteiger partial charge in [-0.3, -0.25) is 9.11 Å². The van der Waals surface area contributed by atoms with Crippen molar-refractivity contribution in [2.24, 2.45) is 0 Å². The zero-order valence-corrected chi connectivity index (χ0v) is 11.9. The fraction of sp³-hybridized carbons (Fsp3) is 0. The average Bonchev–Trinajstić information content (AvgIpc) is 0.722. The second kappa shape index (κ2) is 127. The van der Waals surface area contributed by atoms with Crippen molar-refractivity contribution in [2.45, 2.75) is 0 Å². The summed E-state index contributed by atoms with van der Waals surface area (Å²) >= 11 is 0. The largest absolute Gasteiger partial charge is 1.00 e. The van der Waals surface area contributed by atoms with E-state index in [9.17, 15) is 0 Å². The van der Waals surface area contributed by atoms with Crippen LogP contribution in [0.1, 0.15) is 1.43 Å². The van der Waals surface area contributed by atoms with Crippen molar-refractivity contribution < 1.29 is 114 Å². The molecule has 16 nitrogen and oxygen atoms in total. The predicted molar refractivity (Wildman–Crippen MR) is 68.6 cm³/mol. The molecule has 0 bridgehead atoms. The van der Waals surface area contributed by atoms with Gasteiger partial charge in [0.2, 0.25) is 0 Å².